The molecule has 2 aliphatic rings. The topological polar surface area (TPSA) is 62.7 Å². The van der Waals surface area contributed by atoms with E-state index in [2.05, 4.69) is 23.7 Å². The van der Waals surface area contributed by atoms with Crippen molar-refractivity contribution in [2.24, 2.45) is 11.8 Å². The van der Waals surface area contributed by atoms with Crippen molar-refractivity contribution in [3.8, 4) is 11.5 Å². The maximum atomic E-state index is 12.8. The normalized spacial score (nSPS) is 24.1. The van der Waals surface area contributed by atoms with Gasteiger partial charge in [-0.25, -0.2) is 0 Å². The zero-order chi connectivity index (χ0) is 19.0. The fraction of sp³-hybridized carbons (Fsp3) is 0.364. The molecule has 2 aliphatic heterocycles. The molecule has 1 aromatic carbocycles. The van der Waals surface area contributed by atoms with Gasteiger partial charge in [-0.15, -0.1) is 0 Å². The van der Waals surface area contributed by atoms with Crippen molar-refractivity contribution in [3.63, 3.8) is 0 Å². The lowest BCUT2D eigenvalue weighted by molar-refractivity contribution is 0.101. The number of ether oxygens (including phenoxy) is 1. The Hall–Kier alpha value is -2.66. The molecule has 1 saturated heterocycles. The molecule has 0 bridgehead atoms. The van der Waals surface area contributed by atoms with Crippen molar-refractivity contribution >= 4 is 11.9 Å². The summed E-state index contributed by atoms with van der Waals surface area (Å²) in [6.45, 7) is 7.07. The molecule has 2 aromatic rings. The molecule has 0 saturated carbocycles. The number of aromatic hydroxyl groups is 1. The van der Waals surface area contributed by atoms with Gasteiger partial charge in [-0.1, -0.05) is 19.9 Å². The molecular weight excluding hydrogens is 340 g/mol. The van der Waals surface area contributed by atoms with E-state index in [1.54, 1.807) is 30.6 Å². The zero-order valence-corrected chi connectivity index (χ0v) is 15.7. The van der Waals surface area contributed by atoms with Gasteiger partial charge in [0.2, 0.25) is 5.78 Å². The summed E-state index contributed by atoms with van der Waals surface area (Å²) in [5.74, 6) is 2.02. The minimum absolute atomic E-state index is 0.157. The first-order valence-corrected chi connectivity index (χ1v) is 9.42. The van der Waals surface area contributed by atoms with Gasteiger partial charge in [0.15, 0.2) is 5.76 Å². The van der Waals surface area contributed by atoms with E-state index < -0.39 is 0 Å². The predicted octanol–water partition coefficient (Wildman–Crippen LogP) is 3.88. The molecule has 0 spiro atoms. The molecule has 1 fully saturated rings. The largest absolute Gasteiger partial charge is 0.507 e. The number of piperidine rings is 1. The molecule has 0 amide bonds. The summed E-state index contributed by atoms with van der Waals surface area (Å²) in [6, 6.07) is 6.92. The van der Waals surface area contributed by atoms with Gasteiger partial charge in [0.05, 0.1) is 11.1 Å². The number of Topliss-reactive ketones (excluding diaryl/α,β-unsaturated/α-hetero) is 1. The summed E-state index contributed by atoms with van der Waals surface area (Å²) in [6.07, 6.45) is 6.29. The molecule has 1 aromatic heterocycles. The number of ketones is 1. The molecular formula is C22H24N2O3. The minimum Gasteiger partial charge on any atom is -0.507 e. The predicted molar refractivity (Wildman–Crippen MR) is 104 cm³/mol. The third-order valence-corrected chi connectivity index (χ3v) is 5.22. The molecule has 1 N–H and O–H groups in total. The Kier molecular flexibility index (Phi) is 4.70. The Balaban J connectivity index is 1.64. The van der Waals surface area contributed by atoms with Crippen molar-refractivity contribution in [1.82, 2.24) is 9.88 Å². The Morgan fingerprint density at radius 2 is 2.04 bits per heavy atom. The number of carbonyl (C=O) groups is 1. The van der Waals surface area contributed by atoms with Crippen molar-refractivity contribution in [2.45, 2.75) is 26.8 Å². The number of hydrogen-bond donors (Lipinski definition) is 1. The summed E-state index contributed by atoms with van der Waals surface area (Å²) in [4.78, 5) is 19.2. The van der Waals surface area contributed by atoms with E-state index in [0.717, 1.165) is 18.7 Å². The molecule has 27 heavy (non-hydrogen) atoms. The van der Waals surface area contributed by atoms with Crippen molar-refractivity contribution in [3.05, 3.63) is 59.1 Å². The van der Waals surface area contributed by atoms with Crippen LogP contribution in [-0.2, 0) is 6.54 Å². The van der Waals surface area contributed by atoms with E-state index in [9.17, 15) is 9.90 Å². The fourth-order valence-corrected chi connectivity index (χ4v) is 4.21. The number of phenolic OH excluding ortho intramolecular Hbond substituents is 1. The first-order valence-electron chi connectivity index (χ1n) is 9.42. The van der Waals surface area contributed by atoms with Crippen molar-refractivity contribution in [1.29, 1.82) is 0 Å². The van der Waals surface area contributed by atoms with Crippen LogP contribution in [0.15, 0.2) is 42.4 Å². The van der Waals surface area contributed by atoms with Crippen LogP contribution in [0.3, 0.4) is 0 Å². The molecule has 0 aliphatic carbocycles. The lowest BCUT2D eigenvalue weighted by atomic mass is 9.91. The van der Waals surface area contributed by atoms with Crippen molar-refractivity contribution in [2.75, 3.05) is 13.1 Å². The summed E-state index contributed by atoms with van der Waals surface area (Å²) >= 11 is 0. The van der Waals surface area contributed by atoms with Crippen LogP contribution in [0.5, 0.6) is 11.5 Å². The van der Waals surface area contributed by atoms with Crippen LogP contribution in [0.4, 0.5) is 0 Å². The van der Waals surface area contributed by atoms with E-state index in [-0.39, 0.29) is 17.3 Å². The molecule has 140 valence electrons. The first-order chi connectivity index (χ1) is 13.0. The maximum absolute atomic E-state index is 12.8. The highest BCUT2D eigenvalue weighted by Gasteiger charge is 2.32. The minimum atomic E-state index is -0.157. The monoisotopic (exact) mass is 364 g/mol. The van der Waals surface area contributed by atoms with Gasteiger partial charge in [0, 0.05) is 32.0 Å². The van der Waals surface area contributed by atoms with Gasteiger partial charge in [0.25, 0.3) is 0 Å². The number of benzene rings is 1. The maximum Gasteiger partial charge on any atom is 0.231 e. The van der Waals surface area contributed by atoms with Crippen molar-refractivity contribution < 1.29 is 14.6 Å². The second-order valence-electron chi connectivity index (χ2n) is 7.81. The highest BCUT2D eigenvalue weighted by molar-refractivity contribution is 6.14. The van der Waals surface area contributed by atoms with Crippen LogP contribution in [0.25, 0.3) is 6.08 Å². The third-order valence-electron chi connectivity index (χ3n) is 5.22. The smallest absolute Gasteiger partial charge is 0.231 e. The van der Waals surface area contributed by atoms with E-state index in [1.165, 1.54) is 6.42 Å². The molecule has 4 rings (SSSR count). The number of aromatic nitrogens is 1. The van der Waals surface area contributed by atoms with Crippen LogP contribution in [0.1, 0.15) is 41.8 Å². The molecule has 5 nitrogen and oxygen atoms in total. The van der Waals surface area contributed by atoms with E-state index in [0.29, 0.717) is 35.3 Å². The number of hydrogen-bond acceptors (Lipinski definition) is 5. The SMILES string of the molecule is C[C@@H]1C[C@H](C)CN(Cc2c(O)ccc3c2O/C(=C\c2cccnc2)C3=O)C1. The van der Waals surface area contributed by atoms with E-state index >= 15 is 0 Å². The van der Waals surface area contributed by atoms with Crippen LogP contribution >= 0.6 is 0 Å². The van der Waals surface area contributed by atoms with Gasteiger partial charge >= 0.3 is 0 Å². The second-order valence-corrected chi connectivity index (χ2v) is 7.81. The average molecular weight is 364 g/mol. The number of fused-ring (bicyclic) bond motifs is 1. The lowest BCUT2D eigenvalue weighted by Gasteiger charge is -2.35. The van der Waals surface area contributed by atoms with E-state index in [4.69, 9.17) is 4.74 Å². The van der Waals surface area contributed by atoms with Crippen LogP contribution in [-0.4, -0.2) is 33.9 Å². The van der Waals surface area contributed by atoms with Gasteiger partial charge in [-0.05, 0) is 48.1 Å². The molecule has 2 atom stereocenters. The van der Waals surface area contributed by atoms with E-state index in [1.807, 2.05) is 12.1 Å². The van der Waals surface area contributed by atoms with Crippen LogP contribution in [0, 0.1) is 11.8 Å². The highest BCUT2D eigenvalue weighted by Crippen LogP contribution is 2.40. The average Bonchev–Trinajstić information content (AvgIpc) is 2.94. The number of pyridine rings is 1. The lowest BCUT2D eigenvalue weighted by Crippen LogP contribution is -2.38. The summed E-state index contributed by atoms with van der Waals surface area (Å²) in [5, 5.41) is 10.5. The summed E-state index contributed by atoms with van der Waals surface area (Å²) in [5.41, 5.74) is 2.01. The van der Waals surface area contributed by atoms with Gasteiger partial charge in [0.1, 0.15) is 11.5 Å². The molecule has 3 heterocycles. The molecule has 5 heteroatoms. The van der Waals surface area contributed by atoms with Crippen LogP contribution < -0.4 is 4.74 Å². The van der Waals surface area contributed by atoms with Gasteiger partial charge in [-0.2, -0.15) is 0 Å². The quantitative estimate of drug-likeness (QED) is 0.838. The second kappa shape index (κ2) is 7.16. The Morgan fingerprint density at radius 1 is 1.26 bits per heavy atom. The standard InChI is InChI=1S/C22H24N2O3/c1-14-8-15(2)12-24(11-14)13-18-19(25)6-5-17-21(26)20(27-22(17)18)9-16-4-3-7-23-10-16/h3-7,9-10,14-15,25H,8,11-13H2,1-2H3/b20-9-/t14-,15+. The third kappa shape index (κ3) is 3.60. The Morgan fingerprint density at radius 3 is 2.74 bits per heavy atom. The molecule has 0 unspecified atom stereocenters. The first kappa shape index (κ1) is 17.7. The Bertz CT molecular complexity index is 882. The number of rotatable bonds is 3. The Labute approximate surface area is 159 Å². The van der Waals surface area contributed by atoms with Gasteiger partial charge in [-0.3, -0.25) is 14.7 Å². The fourth-order valence-electron chi connectivity index (χ4n) is 4.21. The number of phenols is 1. The van der Waals surface area contributed by atoms with Gasteiger partial charge < -0.3 is 9.84 Å². The molecule has 0 radical (unpaired) electrons. The number of carbonyl (C=O) groups excluding carboxylic acids is 1. The number of nitrogens with zero attached hydrogens (tertiary/aromatic N) is 2. The summed E-state index contributed by atoms with van der Waals surface area (Å²) in [7, 11) is 0. The number of likely N-dealkylation sites (tertiary alicyclic amines) is 1. The zero-order valence-electron chi connectivity index (χ0n) is 15.7. The number of allylic oxidation sites excluding steroid dienone is 1. The summed E-state index contributed by atoms with van der Waals surface area (Å²) < 4.78 is 5.93. The van der Waals surface area contributed by atoms with Crippen LogP contribution in [0.2, 0.25) is 0 Å². The highest BCUT2D eigenvalue weighted by atomic mass is 16.5.